The van der Waals surface area contributed by atoms with Crippen LogP contribution in [0.15, 0.2) is 42.5 Å². The zero-order valence-electron chi connectivity index (χ0n) is 20.3. The molecular weight excluding hydrogens is 376 g/mol. The van der Waals surface area contributed by atoms with Crippen LogP contribution in [0.3, 0.4) is 0 Å². The largest absolute Gasteiger partial charge is 0.0843 e. The van der Waals surface area contributed by atoms with E-state index >= 15 is 0 Å². The molecule has 3 unspecified atom stereocenters. The third kappa shape index (κ3) is 5.99. The molecule has 2 aliphatic carbocycles. The number of unbranched alkanes of at least 4 members (excludes halogenated alkanes) is 6. The molecule has 0 saturated heterocycles. The first-order valence-corrected chi connectivity index (χ1v) is 16.1. The van der Waals surface area contributed by atoms with E-state index in [0.717, 1.165) is 17.4 Å². The zero-order valence-corrected chi connectivity index (χ0v) is 21.3. The van der Waals surface area contributed by atoms with Gasteiger partial charge in [-0.25, -0.2) is 0 Å². The van der Waals surface area contributed by atoms with Crippen molar-refractivity contribution in [3.63, 3.8) is 0 Å². The van der Waals surface area contributed by atoms with Gasteiger partial charge in [-0.15, -0.1) is 0 Å². The number of benzene rings is 1. The molecular formula is C29H46Si. The minimum absolute atomic E-state index is 0.790. The summed E-state index contributed by atoms with van der Waals surface area (Å²) in [6.45, 7) is 9.96. The Morgan fingerprint density at radius 2 is 1.33 bits per heavy atom. The van der Waals surface area contributed by atoms with Gasteiger partial charge in [0.15, 0.2) is 0 Å². The highest BCUT2D eigenvalue weighted by atomic mass is 28.3. The van der Waals surface area contributed by atoms with Crippen LogP contribution in [0.1, 0.15) is 89.2 Å². The lowest BCUT2D eigenvalue weighted by atomic mass is 9.92. The molecule has 1 heteroatoms. The van der Waals surface area contributed by atoms with Crippen LogP contribution in [0, 0.1) is 11.8 Å². The summed E-state index contributed by atoms with van der Waals surface area (Å²) in [6.07, 6.45) is 25.9. The molecule has 0 aromatic heterocycles. The molecule has 1 saturated carbocycles. The number of aryl methyl sites for hydroxylation is 2. The molecule has 1 fully saturated rings. The first kappa shape index (κ1) is 23.6. The van der Waals surface area contributed by atoms with E-state index in [9.17, 15) is 0 Å². The molecule has 0 N–H and O–H groups in total. The van der Waals surface area contributed by atoms with Gasteiger partial charge in [0, 0.05) is 0 Å². The lowest BCUT2D eigenvalue weighted by Gasteiger charge is -2.36. The first-order chi connectivity index (χ1) is 14.6. The second kappa shape index (κ2) is 11.5. The highest BCUT2D eigenvalue weighted by Crippen LogP contribution is 2.49. The molecule has 1 aromatic carbocycles. The number of hydrogen-bond donors (Lipinski definition) is 0. The van der Waals surface area contributed by atoms with Gasteiger partial charge in [0.05, 0.1) is 8.07 Å². The summed E-state index contributed by atoms with van der Waals surface area (Å²) in [5.74, 6) is 1.59. The normalized spacial score (nSPS) is 23.1. The Hall–Kier alpha value is -1.08. The van der Waals surface area contributed by atoms with Crippen LogP contribution in [-0.2, 0) is 12.8 Å². The molecule has 0 bridgehead atoms. The maximum atomic E-state index is 2.67. The van der Waals surface area contributed by atoms with Gasteiger partial charge in [0.25, 0.3) is 0 Å². The van der Waals surface area contributed by atoms with E-state index in [-0.39, 0.29) is 0 Å². The molecule has 0 radical (unpaired) electrons. The van der Waals surface area contributed by atoms with Crippen molar-refractivity contribution < 1.29 is 0 Å². The summed E-state index contributed by atoms with van der Waals surface area (Å²) in [4.78, 5) is 0. The van der Waals surface area contributed by atoms with E-state index in [1.807, 2.05) is 0 Å². The summed E-state index contributed by atoms with van der Waals surface area (Å²) < 4.78 is 0. The van der Waals surface area contributed by atoms with Gasteiger partial charge in [-0.3, -0.25) is 0 Å². The highest BCUT2D eigenvalue weighted by Gasteiger charge is 2.44. The highest BCUT2D eigenvalue weighted by molar-refractivity contribution is 6.91. The number of rotatable bonds is 12. The zero-order chi connectivity index (χ0) is 21.4. The molecule has 3 atom stereocenters. The number of hydrogen-bond acceptors (Lipinski definition) is 0. The monoisotopic (exact) mass is 422 g/mol. The van der Waals surface area contributed by atoms with Gasteiger partial charge in [-0.05, 0) is 60.6 Å². The van der Waals surface area contributed by atoms with Crippen LogP contribution >= 0.6 is 0 Å². The molecule has 1 aromatic rings. The third-order valence-electron chi connectivity index (χ3n) is 7.93. The Kier molecular flexibility index (Phi) is 9.05. The Bertz CT molecular complexity index is 681. The average Bonchev–Trinajstić information content (AvgIpc) is 3.19. The first-order valence-electron chi connectivity index (χ1n) is 13.0. The molecule has 30 heavy (non-hydrogen) atoms. The summed E-state index contributed by atoms with van der Waals surface area (Å²) in [7, 11) is -1.51. The van der Waals surface area contributed by atoms with Gasteiger partial charge in [0.1, 0.15) is 0 Å². The third-order valence-corrected chi connectivity index (χ3v) is 12.2. The Morgan fingerprint density at radius 3 is 1.93 bits per heavy atom. The van der Waals surface area contributed by atoms with Gasteiger partial charge in [0.2, 0.25) is 0 Å². The molecule has 0 spiro atoms. The summed E-state index contributed by atoms with van der Waals surface area (Å²) in [5.41, 5.74) is 4.15. The SMILES string of the molecule is CCCCCCc1cc(CCCCCC)cc([Si](C)(C)C2CCC3C=CC=CC32)c1. The van der Waals surface area contributed by atoms with E-state index in [1.54, 1.807) is 16.3 Å². The fourth-order valence-electron chi connectivity index (χ4n) is 5.95. The van der Waals surface area contributed by atoms with Crippen LogP contribution in [0.5, 0.6) is 0 Å². The molecule has 0 nitrogen and oxygen atoms in total. The van der Waals surface area contributed by atoms with E-state index in [4.69, 9.17) is 0 Å². The van der Waals surface area contributed by atoms with Crippen LogP contribution in [0.2, 0.25) is 18.6 Å². The molecule has 3 rings (SSSR count). The van der Waals surface area contributed by atoms with E-state index in [1.165, 1.54) is 77.0 Å². The quantitative estimate of drug-likeness (QED) is 0.234. The van der Waals surface area contributed by atoms with Gasteiger partial charge in [-0.2, -0.15) is 0 Å². The topological polar surface area (TPSA) is 0 Å². The molecule has 0 aliphatic heterocycles. The lowest BCUT2D eigenvalue weighted by Crippen LogP contribution is -2.47. The predicted molar refractivity (Wildman–Crippen MR) is 137 cm³/mol. The van der Waals surface area contributed by atoms with E-state index < -0.39 is 8.07 Å². The van der Waals surface area contributed by atoms with Crippen LogP contribution in [0.4, 0.5) is 0 Å². The Morgan fingerprint density at radius 1 is 0.733 bits per heavy atom. The number of fused-ring (bicyclic) bond motifs is 1. The predicted octanol–water partition coefficient (Wildman–Crippen LogP) is 8.37. The second-order valence-electron chi connectivity index (χ2n) is 10.6. The van der Waals surface area contributed by atoms with Gasteiger partial charge in [-0.1, -0.05) is 120 Å². The van der Waals surface area contributed by atoms with Crippen LogP contribution < -0.4 is 5.19 Å². The van der Waals surface area contributed by atoms with Crippen molar-refractivity contribution in [2.24, 2.45) is 11.8 Å². The van der Waals surface area contributed by atoms with Gasteiger partial charge >= 0.3 is 0 Å². The fraction of sp³-hybridized carbons (Fsp3) is 0.655. The maximum absolute atomic E-state index is 2.67. The van der Waals surface area contributed by atoms with E-state index in [2.05, 4.69) is 69.4 Å². The molecule has 2 aliphatic rings. The Balaban J connectivity index is 1.79. The fourth-order valence-corrected chi connectivity index (χ4v) is 9.70. The van der Waals surface area contributed by atoms with Crippen molar-refractivity contribution in [2.45, 2.75) is 110 Å². The van der Waals surface area contributed by atoms with Crippen LogP contribution in [-0.4, -0.2) is 8.07 Å². The second-order valence-corrected chi connectivity index (χ2v) is 15.3. The summed E-state index contributed by atoms with van der Waals surface area (Å²) in [5, 5.41) is 1.74. The smallest absolute Gasteiger partial charge is 0.0808 e. The van der Waals surface area contributed by atoms with Crippen molar-refractivity contribution in [1.82, 2.24) is 0 Å². The number of allylic oxidation sites excluding steroid dienone is 4. The van der Waals surface area contributed by atoms with Crippen molar-refractivity contribution in [3.05, 3.63) is 53.6 Å². The van der Waals surface area contributed by atoms with Gasteiger partial charge < -0.3 is 0 Å². The average molecular weight is 423 g/mol. The maximum Gasteiger partial charge on any atom is 0.0843 e. The molecule has 0 heterocycles. The Labute approximate surface area is 188 Å². The minimum Gasteiger partial charge on any atom is -0.0808 e. The lowest BCUT2D eigenvalue weighted by molar-refractivity contribution is 0.546. The van der Waals surface area contributed by atoms with Crippen LogP contribution in [0.25, 0.3) is 0 Å². The summed E-state index contributed by atoms with van der Waals surface area (Å²) >= 11 is 0. The summed E-state index contributed by atoms with van der Waals surface area (Å²) in [6, 6.07) is 7.85. The van der Waals surface area contributed by atoms with Crippen molar-refractivity contribution in [2.75, 3.05) is 0 Å². The molecule has 0 amide bonds. The van der Waals surface area contributed by atoms with E-state index in [0.29, 0.717) is 0 Å². The van der Waals surface area contributed by atoms with Crippen molar-refractivity contribution in [3.8, 4) is 0 Å². The standard InChI is InChI=1S/C29H46Si/c1-5-7-9-11-15-24-21-25(16-12-10-8-6-2)23-27(22-24)30(3,4)29-20-19-26-17-13-14-18-28(26)29/h13-14,17-18,21-23,26,28-29H,5-12,15-16,19-20H2,1-4H3. The van der Waals surface area contributed by atoms with Crippen molar-refractivity contribution >= 4 is 13.3 Å². The minimum atomic E-state index is -1.51. The molecule has 166 valence electrons. The van der Waals surface area contributed by atoms with Crippen molar-refractivity contribution in [1.29, 1.82) is 0 Å².